The van der Waals surface area contributed by atoms with Gasteiger partial charge in [-0.25, -0.2) is 4.98 Å². The fraction of sp³-hybridized carbons (Fsp3) is 0.500. The van der Waals surface area contributed by atoms with Crippen LogP contribution in [-0.4, -0.2) is 99.6 Å². The van der Waals surface area contributed by atoms with Gasteiger partial charge in [-0.1, -0.05) is 6.08 Å². The first kappa shape index (κ1) is 27.3. The number of ether oxygens (including phenoxy) is 4. The number of benzene rings is 1. The van der Waals surface area contributed by atoms with Gasteiger partial charge in [-0.2, -0.15) is 5.26 Å². The Balaban J connectivity index is 1.21. The topological polar surface area (TPSA) is 121 Å². The molecular weight excluding hydrogens is 524 g/mol. The van der Waals surface area contributed by atoms with Gasteiger partial charge in [0.05, 0.1) is 48.4 Å². The molecule has 41 heavy (non-hydrogen) atoms. The molecule has 4 aliphatic rings. The van der Waals surface area contributed by atoms with Crippen molar-refractivity contribution in [2.24, 2.45) is 0 Å². The van der Waals surface area contributed by atoms with Crippen LogP contribution in [0.25, 0.3) is 5.57 Å². The van der Waals surface area contributed by atoms with E-state index in [9.17, 15) is 10.1 Å². The van der Waals surface area contributed by atoms with Crippen molar-refractivity contribution in [3.05, 3.63) is 41.1 Å². The second-order valence-corrected chi connectivity index (χ2v) is 10.5. The molecule has 0 spiro atoms. The molecule has 1 aromatic carbocycles. The highest BCUT2D eigenvalue weighted by atomic mass is 16.6. The lowest BCUT2D eigenvalue weighted by Crippen LogP contribution is -2.50. The zero-order valence-electron chi connectivity index (χ0n) is 23.4. The number of morpholine rings is 1. The molecule has 2 aromatic rings. The van der Waals surface area contributed by atoms with Gasteiger partial charge in [0.1, 0.15) is 19.0 Å². The number of hydrogen-bond acceptors (Lipinski definition) is 10. The number of anilines is 3. The molecule has 2 fully saturated rings. The fourth-order valence-corrected chi connectivity index (χ4v) is 6.03. The van der Waals surface area contributed by atoms with Crippen molar-refractivity contribution in [2.45, 2.75) is 25.3 Å². The number of likely N-dealkylation sites (tertiary alicyclic amines) is 1. The third-order valence-corrected chi connectivity index (χ3v) is 8.10. The Morgan fingerprint density at radius 3 is 2.63 bits per heavy atom. The number of carbonyl (C=O) groups excluding carboxylic acids is 1. The van der Waals surface area contributed by atoms with Crippen molar-refractivity contribution < 1.29 is 23.7 Å². The van der Waals surface area contributed by atoms with E-state index in [1.54, 1.807) is 7.11 Å². The van der Waals surface area contributed by atoms with Crippen molar-refractivity contribution in [3.63, 3.8) is 0 Å². The lowest BCUT2D eigenvalue weighted by atomic mass is 10.0. The van der Waals surface area contributed by atoms with Crippen molar-refractivity contribution >= 4 is 28.7 Å². The zero-order valence-corrected chi connectivity index (χ0v) is 23.4. The van der Waals surface area contributed by atoms with Crippen LogP contribution in [0.15, 0.2) is 24.3 Å². The first-order chi connectivity index (χ1) is 20.2. The second-order valence-electron chi connectivity index (χ2n) is 10.5. The summed E-state index contributed by atoms with van der Waals surface area (Å²) in [5, 5.41) is 16.4. The highest BCUT2D eigenvalue weighted by Gasteiger charge is 2.32. The summed E-state index contributed by atoms with van der Waals surface area (Å²) in [6.07, 6.45) is 4.39. The minimum Gasteiger partial charge on any atom is -0.485 e. The van der Waals surface area contributed by atoms with Crippen molar-refractivity contribution in [1.82, 2.24) is 14.8 Å². The van der Waals surface area contributed by atoms with Crippen LogP contribution in [0.5, 0.6) is 11.5 Å². The molecule has 2 saturated heterocycles. The SMILES string of the molecule is COCCNc1cc(Nc2ccc(C(=O)N3CCC(N4CCOCC4)CC3)c3c2OCCO3)nc2c1C(C#N)=CC2. The van der Waals surface area contributed by atoms with Crippen LogP contribution in [0.4, 0.5) is 17.2 Å². The number of nitriles is 1. The van der Waals surface area contributed by atoms with Crippen LogP contribution >= 0.6 is 0 Å². The lowest BCUT2D eigenvalue weighted by molar-refractivity contribution is 0.00152. The van der Waals surface area contributed by atoms with E-state index in [2.05, 4.69) is 21.6 Å². The quantitative estimate of drug-likeness (QED) is 0.466. The van der Waals surface area contributed by atoms with Crippen LogP contribution in [0.3, 0.4) is 0 Å². The van der Waals surface area contributed by atoms with Gasteiger partial charge in [-0.3, -0.25) is 9.69 Å². The molecule has 3 aliphatic heterocycles. The van der Waals surface area contributed by atoms with Crippen molar-refractivity contribution in [1.29, 1.82) is 5.26 Å². The number of amides is 1. The number of pyridine rings is 1. The van der Waals surface area contributed by atoms with Gasteiger partial charge in [0.2, 0.25) is 0 Å². The number of rotatable bonds is 8. The minimum absolute atomic E-state index is 0.0332. The molecular formula is C30H36N6O5. The Labute approximate surface area is 240 Å². The average molecular weight is 561 g/mol. The Morgan fingerprint density at radius 1 is 1.10 bits per heavy atom. The lowest BCUT2D eigenvalue weighted by Gasteiger charge is -2.40. The van der Waals surface area contributed by atoms with Gasteiger partial charge in [0, 0.05) is 69.6 Å². The summed E-state index contributed by atoms with van der Waals surface area (Å²) in [6.45, 7) is 6.82. The number of hydrogen-bond donors (Lipinski definition) is 2. The second kappa shape index (κ2) is 12.3. The molecule has 0 bridgehead atoms. The monoisotopic (exact) mass is 560 g/mol. The summed E-state index contributed by atoms with van der Waals surface area (Å²) in [7, 11) is 1.65. The maximum Gasteiger partial charge on any atom is 0.257 e. The number of allylic oxidation sites excluding steroid dienone is 2. The zero-order chi connectivity index (χ0) is 28.2. The Kier molecular flexibility index (Phi) is 8.23. The molecule has 0 radical (unpaired) electrons. The van der Waals surface area contributed by atoms with Gasteiger partial charge < -0.3 is 34.5 Å². The first-order valence-electron chi connectivity index (χ1n) is 14.3. The van der Waals surface area contributed by atoms with E-state index in [0.717, 1.165) is 56.1 Å². The number of nitrogens with one attached hydrogen (secondary N) is 2. The molecule has 0 unspecified atom stereocenters. The molecule has 1 aromatic heterocycles. The molecule has 2 N–H and O–H groups in total. The highest BCUT2D eigenvalue weighted by molar-refractivity contribution is 5.99. The van der Waals surface area contributed by atoms with Crippen LogP contribution < -0.4 is 20.1 Å². The van der Waals surface area contributed by atoms with Gasteiger partial charge in [0.15, 0.2) is 11.5 Å². The van der Waals surface area contributed by atoms with Crippen LogP contribution in [-0.2, 0) is 15.9 Å². The van der Waals surface area contributed by atoms with Crippen LogP contribution in [0.1, 0.15) is 34.5 Å². The first-order valence-corrected chi connectivity index (χ1v) is 14.3. The summed E-state index contributed by atoms with van der Waals surface area (Å²) in [5.41, 5.74) is 4.27. The third kappa shape index (κ3) is 5.68. The standard InChI is InChI=1S/C30H36N6O5/c1-38-13-8-32-25-18-26(33-23-4-2-20(19-31)27(23)25)34-24-5-3-22(28-29(24)41-17-16-40-28)30(37)36-9-6-21(7-10-36)35-11-14-39-15-12-35/h2-3,5,18,21H,4,6-17H2,1H3,(H2,32,33,34). The van der Waals surface area contributed by atoms with Crippen molar-refractivity contribution in [3.8, 4) is 17.6 Å². The molecule has 6 rings (SSSR count). The number of carbonyl (C=O) groups is 1. The highest BCUT2D eigenvalue weighted by Crippen LogP contribution is 2.43. The summed E-state index contributed by atoms with van der Waals surface area (Å²) in [6, 6.07) is 8.32. The minimum atomic E-state index is -0.0332. The van der Waals surface area contributed by atoms with Gasteiger partial charge in [0.25, 0.3) is 5.91 Å². The Bertz CT molecular complexity index is 1360. The summed E-state index contributed by atoms with van der Waals surface area (Å²) < 4.78 is 22.8. The predicted octanol–water partition coefficient (Wildman–Crippen LogP) is 3.05. The van der Waals surface area contributed by atoms with E-state index in [0.29, 0.717) is 86.1 Å². The largest absolute Gasteiger partial charge is 0.485 e. The van der Waals surface area contributed by atoms with E-state index < -0.39 is 0 Å². The number of fused-ring (bicyclic) bond motifs is 2. The van der Waals surface area contributed by atoms with E-state index in [1.165, 1.54) is 0 Å². The van der Waals surface area contributed by atoms with Crippen molar-refractivity contribution in [2.75, 3.05) is 83.5 Å². The summed E-state index contributed by atoms with van der Waals surface area (Å²) in [4.78, 5) is 22.9. The Hall–Kier alpha value is -3.85. The molecule has 216 valence electrons. The molecule has 4 heterocycles. The van der Waals surface area contributed by atoms with E-state index in [4.69, 9.17) is 23.9 Å². The summed E-state index contributed by atoms with van der Waals surface area (Å²) >= 11 is 0. The number of methoxy groups -OCH3 is 1. The fourth-order valence-electron chi connectivity index (χ4n) is 6.03. The molecule has 1 aliphatic carbocycles. The molecule has 1 amide bonds. The van der Waals surface area contributed by atoms with E-state index >= 15 is 0 Å². The maximum atomic E-state index is 13.7. The maximum absolute atomic E-state index is 13.7. The van der Waals surface area contributed by atoms with Gasteiger partial charge in [-0.15, -0.1) is 0 Å². The molecule has 0 atom stereocenters. The van der Waals surface area contributed by atoms with Crippen LogP contribution in [0.2, 0.25) is 0 Å². The van der Waals surface area contributed by atoms with E-state index in [1.807, 2.05) is 29.2 Å². The molecule has 0 saturated carbocycles. The molecule has 11 nitrogen and oxygen atoms in total. The smallest absolute Gasteiger partial charge is 0.257 e. The van der Waals surface area contributed by atoms with Gasteiger partial charge >= 0.3 is 0 Å². The van der Waals surface area contributed by atoms with Crippen LogP contribution in [0, 0.1) is 11.3 Å². The van der Waals surface area contributed by atoms with E-state index in [-0.39, 0.29) is 5.91 Å². The average Bonchev–Trinajstić information content (AvgIpc) is 3.45. The summed E-state index contributed by atoms with van der Waals surface area (Å²) in [5.74, 6) is 1.55. The molecule has 11 heteroatoms. The number of piperidine rings is 1. The van der Waals surface area contributed by atoms with Gasteiger partial charge in [-0.05, 0) is 25.0 Å². The number of aromatic nitrogens is 1. The Morgan fingerprint density at radius 2 is 1.88 bits per heavy atom. The predicted molar refractivity (Wildman–Crippen MR) is 154 cm³/mol. The normalized spacial score (nSPS) is 18.8. The third-order valence-electron chi connectivity index (χ3n) is 8.10. The number of nitrogens with zero attached hydrogens (tertiary/aromatic N) is 4.